The van der Waals surface area contributed by atoms with E-state index in [1.54, 1.807) is 29.0 Å². The summed E-state index contributed by atoms with van der Waals surface area (Å²) >= 11 is 12.0. The van der Waals surface area contributed by atoms with E-state index in [2.05, 4.69) is 10.2 Å². The molecule has 4 rings (SSSR count). The van der Waals surface area contributed by atoms with Gasteiger partial charge in [-0.05, 0) is 54.6 Å². The van der Waals surface area contributed by atoms with Crippen molar-refractivity contribution >= 4 is 61.6 Å². The molecule has 34 heavy (non-hydrogen) atoms. The van der Waals surface area contributed by atoms with Crippen molar-refractivity contribution in [2.75, 3.05) is 29.8 Å². The SMILES string of the molecule is CN(C)c1ccc(-n2ccc3cc(N(CC(=O)O)S(=O)(=O)c4cc(Cl)cc(Cl)c4)ccc32)nn1. The average Bonchev–Trinajstić information content (AvgIpc) is 3.20. The maximum absolute atomic E-state index is 13.3. The first-order valence-electron chi connectivity index (χ1n) is 9.89. The largest absolute Gasteiger partial charge is 0.480 e. The van der Waals surface area contributed by atoms with Crippen LogP contribution in [-0.4, -0.2) is 54.9 Å². The Hall–Kier alpha value is -3.34. The molecule has 2 heterocycles. The van der Waals surface area contributed by atoms with E-state index >= 15 is 0 Å². The molecule has 0 saturated carbocycles. The fraction of sp³-hybridized carbons (Fsp3) is 0.136. The number of benzene rings is 2. The Kier molecular flexibility index (Phi) is 6.39. The minimum absolute atomic E-state index is 0.121. The van der Waals surface area contributed by atoms with Crippen LogP contribution in [0.3, 0.4) is 0 Å². The number of fused-ring (bicyclic) bond motifs is 1. The number of rotatable bonds is 7. The third-order valence-corrected chi connectivity index (χ3v) is 7.19. The molecule has 2 aromatic carbocycles. The maximum Gasteiger partial charge on any atom is 0.324 e. The van der Waals surface area contributed by atoms with Crippen LogP contribution in [0.15, 0.2) is 65.7 Å². The molecule has 0 unspecified atom stereocenters. The smallest absolute Gasteiger partial charge is 0.324 e. The lowest BCUT2D eigenvalue weighted by molar-refractivity contribution is -0.135. The second-order valence-electron chi connectivity index (χ2n) is 7.58. The molecule has 0 aliphatic rings. The topological polar surface area (TPSA) is 109 Å². The molecular formula is C22H19Cl2N5O4S. The van der Waals surface area contributed by atoms with Gasteiger partial charge in [-0.15, -0.1) is 10.2 Å². The number of sulfonamides is 1. The maximum atomic E-state index is 13.3. The zero-order valence-corrected chi connectivity index (χ0v) is 20.4. The van der Waals surface area contributed by atoms with E-state index in [1.165, 1.54) is 24.3 Å². The van der Waals surface area contributed by atoms with Gasteiger partial charge in [-0.25, -0.2) is 8.42 Å². The predicted molar refractivity (Wildman–Crippen MR) is 132 cm³/mol. The van der Waals surface area contributed by atoms with Crippen molar-refractivity contribution in [3.05, 3.63) is 70.8 Å². The Labute approximate surface area is 205 Å². The van der Waals surface area contributed by atoms with Crippen molar-refractivity contribution < 1.29 is 18.3 Å². The van der Waals surface area contributed by atoms with Gasteiger partial charge in [0, 0.05) is 35.7 Å². The van der Waals surface area contributed by atoms with Crippen molar-refractivity contribution in [2.24, 2.45) is 0 Å². The Morgan fingerprint density at radius 3 is 2.29 bits per heavy atom. The standard InChI is InChI=1S/C22H19Cl2N5O4S/c1-27(2)20-5-6-21(26-25-20)28-8-7-14-9-17(3-4-19(14)28)29(13-22(30)31)34(32,33)18-11-15(23)10-16(24)12-18/h3-12H,13H2,1-2H3,(H,30,31). The van der Waals surface area contributed by atoms with Gasteiger partial charge in [-0.1, -0.05) is 23.2 Å². The lowest BCUT2D eigenvalue weighted by atomic mass is 10.2. The third-order valence-electron chi connectivity index (χ3n) is 5.01. The summed E-state index contributed by atoms with van der Waals surface area (Å²) in [5.74, 6) is -0.0271. The summed E-state index contributed by atoms with van der Waals surface area (Å²) in [5.41, 5.74) is 0.923. The molecule has 12 heteroatoms. The van der Waals surface area contributed by atoms with E-state index in [0.717, 1.165) is 9.82 Å². The van der Waals surface area contributed by atoms with E-state index in [9.17, 15) is 18.3 Å². The van der Waals surface area contributed by atoms with Gasteiger partial charge < -0.3 is 10.0 Å². The van der Waals surface area contributed by atoms with Gasteiger partial charge in [-0.2, -0.15) is 0 Å². The zero-order valence-electron chi connectivity index (χ0n) is 18.1. The highest BCUT2D eigenvalue weighted by Crippen LogP contribution is 2.31. The number of carboxylic acids is 1. The predicted octanol–water partition coefficient (Wildman–Crippen LogP) is 4.07. The minimum atomic E-state index is -4.27. The van der Waals surface area contributed by atoms with Crippen LogP contribution >= 0.6 is 23.2 Å². The molecule has 0 saturated heterocycles. The summed E-state index contributed by atoms with van der Waals surface area (Å²) < 4.78 is 29.3. The summed E-state index contributed by atoms with van der Waals surface area (Å²) in [6, 6.07) is 14.1. The molecule has 0 aliphatic carbocycles. The quantitative estimate of drug-likeness (QED) is 0.391. The number of halogens is 2. The normalized spacial score (nSPS) is 11.5. The summed E-state index contributed by atoms with van der Waals surface area (Å²) in [6.07, 6.45) is 1.78. The van der Waals surface area contributed by atoms with E-state index in [-0.39, 0.29) is 20.6 Å². The van der Waals surface area contributed by atoms with Crippen molar-refractivity contribution in [1.29, 1.82) is 0 Å². The van der Waals surface area contributed by atoms with E-state index in [4.69, 9.17) is 23.2 Å². The average molecular weight is 520 g/mol. The van der Waals surface area contributed by atoms with Crippen LogP contribution in [0.2, 0.25) is 10.0 Å². The number of nitrogens with zero attached hydrogens (tertiary/aromatic N) is 5. The molecule has 0 amide bonds. The molecular weight excluding hydrogens is 501 g/mol. The molecule has 0 spiro atoms. The van der Waals surface area contributed by atoms with Crippen LogP contribution in [0.1, 0.15) is 0 Å². The molecule has 0 fully saturated rings. The highest BCUT2D eigenvalue weighted by Gasteiger charge is 2.28. The molecule has 9 nitrogen and oxygen atoms in total. The summed E-state index contributed by atoms with van der Waals surface area (Å²) in [4.78, 5) is 13.2. The number of aliphatic carboxylic acids is 1. The van der Waals surface area contributed by atoms with Crippen LogP contribution in [0.4, 0.5) is 11.5 Å². The van der Waals surface area contributed by atoms with Gasteiger partial charge in [-0.3, -0.25) is 13.7 Å². The van der Waals surface area contributed by atoms with Crippen LogP contribution in [0.25, 0.3) is 16.7 Å². The summed E-state index contributed by atoms with van der Waals surface area (Å²) in [7, 11) is -0.540. The number of aromatic nitrogens is 3. The molecule has 0 atom stereocenters. The Bertz CT molecular complexity index is 1470. The fourth-order valence-electron chi connectivity index (χ4n) is 3.41. The van der Waals surface area contributed by atoms with Crippen molar-refractivity contribution in [2.45, 2.75) is 4.90 Å². The molecule has 4 aromatic rings. The van der Waals surface area contributed by atoms with Crippen LogP contribution in [0, 0.1) is 0 Å². The molecule has 0 bridgehead atoms. The number of carbonyl (C=O) groups is 1. The van der Waals surface area contributed by atoms with E-state index in [1.807, 2.05) is 31.1 Å². The number of hydrogen-bond acceptors (Lipinski definition) is 6. The van der Waals surface area contributed by atoms with Gasteiger partial charge in [0.15, 0.2) is 11.6 Å². The second-order valence-corrected chi connectivity index (χ2v) is 10.3. The van der Waals surface area contributed by atoms with Crippen LogP contribution < -0.4 is 9.21 Å². The molecule has 0 radical (unpaired) electrons. The second kappa shape index (κ2) is 9.13. The molecule has 176 valence electrons. The fourth-order valence-corrected chi connectivity index (χ4v) is 5.55. The number of hydrogen-bond donors (Lipinski definition) is 1. The minimum Gasteiger partial charge on any atom is -0.480 e. The summed E-state index contributed by atoms with van der Waals surface area (Å²) in [5, 5.41) is 18.8. The van der Waals surface area contributed by atoms with Crippen LogP contribution in [-0.2, 0) is 14.8 Å². The van der Waals surface area contributed by atoms with Gasteiger partial charge in [0.1, 0.15) is 6.54 Å². The van der Waals surface area contributed by atoms with E-state index < -0.39 is 22.5 Å². The first-order chi connectivity index (χ1) is 16.1. The van der Waals surface area contributed by atoms with Gasteiger partial charge >= 0.3 is 5.97 Å². The zero-order chi connectivity index (χ0) is 24.6. The Morgan fingerprint density at radius 2 is 1.71 bits per heavy atom. The number of carboxylic acid groups (broad SMARTS) is 1. The third kappa shape index (κ3) is 4.65. The summed E-state index contributed by atoms with van der Waals surface area (Å²) in [6.45, 7) is -0.782. The van der Waals surface area contributed by atoms with E-state index in [0.29, 0.717) is 17.0 Å². The van der Waals surface area contributed by atoms with Gasteiger partial charge in [0.2, 0.25) is 0 Å². The monoisotopic (exact) mass is 519 g/mol. The van der Waals surface area contributed by atoms with Gasteiger partial charge in [0.25, 0.3) is 10.0 Å². The molecule has 0 aliphatic heterocycles. The van der Waals surface area contributed by atoms with Crippen molar-refractivity contribution in [3.63, 3.8) is 0 Å². The lowest BCUT2D eigenvalue weighted by Gasteiger charge is -2.23. The molecule has 2 aromatic heterocycles. The van der Waals surface area contributed by atoms with Crippen molar-refractivity contribution in [3.8, 4) is 5.82 Å². The van der Waals surface area contributed by atoms with Crippen molar-refractivity contribution in [1.82, 2.24) is 14.8 Å². The first-order valence-corrected chi connectivity index (χ1v) is 12.1. The number of anilines is 2. The lowest BCUT2D eigenvalue weighted by Crippen LogP contribution is -2.35. The highest BCUT2D eigenvalue weighted by atomic mass is 35.5. The Balaban J connectivity index is 1.77. The first kappa shape index (κ1) is 23.8. The van der Waals surface area contributed by atoms with Crippen LogP contribution in [0.5, 0.6) is 0 Å². The van der Waals surface area contributed by atoms with Gasteiger partial charge in [0.05, 0.1) is 16.1 Å². The highest BCUT2D eigenvalue weighted by molar-refractivity contribution is 7.92. The Morgan fingerprint density at radius 1 is 1.00 bits per heavy atom. The molecule has 1 N–H and O–H groups in total.